The number of hydrogen-bond acceptors (Lipinski definition) is 3. The standard InChI is InChI=1S/C13H22N2O2S/c1-4-10-15(5-2)18(16,17)13-8-6-12(7-9-13)11(3)14/h6-9,11H,4-5,10,14H2,1-3H3. The fourth-order valence-electron chi connectivity index (χ4n) is 1.79. The molecule has 0 heterocycles. The molecule has 1 aromatic carbocycles. The van der Waals surface area contributed by atoms with Gasteiger partial charge >= 0.3 is 0 Å². The summed E-state index contributed by atoms with van der Waals surface area (Å²) in [4.78, 5) is 0.335. The molecule has 1 aromatic rings. The average molecular weight is 270 g/mol. The summed E-state index contributed by atoms with van der Waals surface area (Å²) in [5.41, 5.74) is 6.68. The number of nitrogens with zero attached hydrogens (tertiary/aromatic N) is 1. The summed E-state index contributed by atoms with van der Waals surface area (Å²) >= 11 is 0. The summed E-state index contributed by atoms with van der Waals surface area (Å²) in [6.45, 7) is 6.74. The van der Waals surface area contributed by atoms with Crippen molar-refractivity contribution in [3.05, 3.63) is 29.8 Å². The SMILES string of the molecule is CCCN(CC)S(=O)(=O)c1ccc(C(C)N)cc1. The minimum absolute atomic E-state index is 0.0836. The van der Waals surface area contributed by atoms with Crippen LogP contribution in [-0.4, -0.2) is 25.8 Å². The van der Waals surface area contributed by atoms with Gasteiger partial charge in [-0.05, 0) is 31.0 Å². The largest absolute Gasteiger partial charge is 0.324 e. The Bertz CT molecular complexity index is 466. The van der Waals surface area contributed by atoms with Crippen molar-refractivity contribution in [2.75, 3.05) is 13.1 Å². The molecule has 0 spiro atoms. The number of nitrogens with two attached hydrogens (primary N) is 1. The number of rotatable bonds is 6. The molecule has 5 heteroatoms. The Morgan fingerprint density at radius 1 is 1.22 bits per heavy atom. The Hall–Kier alpha value is -0.910. The van der Waals surface area contributed by atoms with Gasteiger partial charge in [0.1, 0.15) is 0 Å². The Kier molecular flexibility index (Phi) is 5.31. The van der Waals surface area contributed by atoms with E-state index in [1.54, 1.807) is 24.3 Å². The van der Waals surface area contributed by atoms with Crippen LogP contribution in [0, 0.1) is 0 Å². The van der Waals surface area contributed by atoms with Crippen molar-refractivity contribution >= 4 is 10.0 Å². The minimum atomic E-state index is -3.36. The zero-order valence-electron chi connectivity index (χ0n) is 11.3. The summed E-state index contributed by atoms with van der Waals surface area (Å²) in [5.74, 6) is 0. The molecule has 0 amide bonds. The predicted octanol–water partition coefficient (Wildman–Crippen LogP) is 2.13. The topological polar surface area (TPSA) is 63.4 Å². The summed E-state index contributed by atoms with van der Waals surface area (Å²) in [5, 5.41) is 0. The van der Waals surface area contributed by atoms with Gasteiger partial charge < -0.3 is 5.73 Å². The van der Waals surface area contributed by atoms with Gasteiger partial charge in [-0.25, -0.2) is 8.42 Å². The van der Waals surface area contributed by atoms with Gasteiger partial charge in [0, 0.05) is 19.1 Å². The molecule has 18 heavy (non-hydrogen) atoms. The molecule has 0 aliphatic heterocycles. The minimum Gasteiger partial charge on any atom is -0.324 e. The number of sulfonamides is 1. The van der Waals surface area contributed by atoms with Crippen molar-refractivity contribution in [2.45, 2.75) is 38.1 Å². The highest BCUT2D eigenvalue weighted by atomic mass is 32.2. The number of benzene rings is 1. The summed E-state index contributed by atoms with van der Waals surface area (Å²) in [6, 6.07) is 6.73. The smallest absolute Gasteiger partial charge is 0.243 e. The van der Waals surface area contributed by atoms with Crippen molar-refractivity contribution in [3.8, 4) is 0 Å². The summed E-state index contributed by atoms with van der Waals surface area (Å²) in [6.07, 6.45) is 0.811. The molecule has 4 nitrogen and oxygen atoms in total. The molecule has 0 aromatic heterocycles. The van der Waals surface area contributed by atoms with Gasteiger partial charge in [0.15, 0.2) is 0 Å². The van der Waals surface area contributed by atoms with Crippen LogP contribution in [-0.2, 0) is 10.0 Å². The lowest BCUT2D eigenvalue weighted by atomic mass is 10.1. The third-order valence-corrected chi connectivity index (χ3v) is 4.86. The Balaban J connectivity index is 3.04. The van der Waals surface area contributed by atoms with Crippen molar-refractivity contribution in [1.82, 2.24) is 4.31 Å². The Morgan fingerprint density at radius 3 is 2.17 bits per heavy atom. The first-order chi connectivity index (χ1) is 8.43. The monoisotopic (exact) mass is 270 g/mol. The highest BCUT2D eigenvalue weighted by molar-refractivity contribution is 7.89. The normalized spacial score (nSPS) is 13.8. The van der Waals surface area contributed by atoms with E-state index in [2.05, 4.69) is 0 Å². The summed E-state index contributed by atoms with van der Waals surface area (Å²) < 4.78 is 26.2. The quantitative estimate of drug-likeness (QED) is 0.861. The van der Waals surface area contributed by atoms with Crippen molar-refractivity contribution in [1.29, 1.82) is 0 Å². The second-order valence-electron chi connectivity index (χ2n) is 4.35. The summed E-state index contributed by atoms with van der Waals surface area (Å²) in [7, 11) is -3.36. The van der Waals surface area contributed by atoms with E-state index in [4.69, 9.17) is 5.73 Å². The van der Waals surface area contributed by atoms with Crippen LogP contribution in [0.2, 0.25) is 0 Å². The van der Waals surface area contributed by atoms with Gasteiger partial charge in [0.05, 0.1) is 4.90 Å². The molecule has 0 aliphatic carbocycles. The first kappa shape index (κ1) is 15.1. The van der Waals surface area contributed by atoms with E-state index in [1.165, 1.54) is 4.31 Å². The average Bonchev–Trinajstić information content (AvgIpc) is 2.35. The van der Waals surface area contributed by atoms with Gasteiger partial charge in [-0.3, -0.25) is 0 Å². The molecule has 2 N–H and O–H groups in total. The second kappa shape index (κ2) is 6.31. The third-order valence-electron chi connectivity index (χ3n) is 2.87. The molecule has 102 valence electrons. The predicted molar refractivity (Wildman–Crippen MR) is 73.8 cm³/mol. The van der Waals surface area contributed by atoms with Crippen LogP contribution < -0.4 is 5.73 Å². The maximum atomic E-state index is 12.3. The Morgan fingerprint density at radius 2 is 1.78 bits per heavy atom. The lowest BCUT2D eigenvalue weighted by Gasteiger charge is -2.20. The van der Waals surface area contributed by atoms with E-state index >= 15 is 0 Å². The second-order valence-corrected chi connectivity index (χ2v) is 6.29. The van der Waals surface area contributed by atoms with Crippen LogP contribution in [0.3, 0.4) is 0 Å². The van der Waals surface area contributed by atoms with Crippen LogP contribution in [0.5, 0.6) is 0 Å². The molecule has 0 aliphatic rings. The van der Waals surface area contributed by atoms with Gasteiger partial charge in [0.2, 0.25) is 10.0 Å². The molecule has 0 fully saturated rings. The molecule has 1 atom stereocenters. The van der Waals surface area contributed by atoms with Crippen molar-refractivity contribution in [3.63, 3.8) is 0 Å². The molecule has 0 radical (unpaired) electrons. The van der Waals surface area contributed by atoms with Crippen LogP contribution in [0.25, 0.3) is 0 Å². The number of hydrogen-bond donors (Lipinski definition) is 1. The zero-order chi connectivity index (χ0) is 13.8. The van der Waals surface area contributed by atoms with Gasteiger partial charge in [-0.15, -0.1) is 0 Å². The first-order valence-corrected chi connectivity index (χ1v) is 7.73. The molecule has 1 rings (SSSR count). The molecule has 1 unspecified atom stereocenters. The molecule has 0 bridgehead atoms. The maximum Gasteiger partial charge on any atom is 0.243 e. The van der Waals surface area contributed by atoms with Crippen LogP contribution in [0.1, 0.15) is 38.8 Å². The van der Waals surface area contributed by atoms with Crippen molar-refractivity contribution < 1.29 is 8.42 Å². The van der Waals surface area contributed by atoms with E-state index in [0.717, 1.165) is 12.0 Å². The van der Waals surface area contributed by atoms with Crippen molar-refractivity contribution in [2.24, 2.45) is 5.73 Å². The first-order valence-electron chi connectivity index (χ1n) is 6.29. The fourth-order valence-corrected chi connectivity index (χ4v) is 3.33. The third kappa shape index (κ3) is 3.31. The van der Waals surface area contributed by atoms with Gasteiger partial charge in [-0.2, -0.15) is 4.31 Å². The van der Waals surface area contributed by atoms with Crippen LogP contribution in [0.4, 0.5) is 0 Å². The van der Waals surface area contributed by atoms with E-state index in [-0.39, 0.29) is 6.04 Å². The van der Waals surface area contributed by atoms with Gasteiger partial charge in [-0.1, -0.05) is 26.0 Å². The molecule has 0 saturated heterocycles. The van der Waals surface area contributed by atoms with E-state index in [1.807, 2.05) is 20.8 Å². The molecular formula is C13H22N2O2S. The van der Waals surface area contributed by atoms with Crippen LogP contribution in [0.15, 0.2) is 29.2 Å². The van der Waals surface area contributed by atoms with Crippen LogP contribution >= 0.6 is 0 Å². The highest BCUT2D eigenvalue weighted by Crippen LogP contribution is 2.18. The lowest BCUT2D eigenvalue weighted by molar-refractivity contribution is 0.427. The van der Waals surface area contributed by atoms with Gasteiger partial charge in [0.25, 0.3) is 0 Å². The van der Waals surface area contributed by atoms with E-state index in [0.29, 0.717) is 18.0 Å². The molecular weight excluding hydrogens is 248 g/mol. The Labute approximate surface area is 110 Å². The lowest BCUT2D eigenvalue weighted by Crippen LogP contribution is -2.31. The fraction of sp³-hybridized carbons (Fsp3) is 0.538. The van der Waals surface area contributed by atoms with E-state index < -0.39 is 10.0 Å². The van der Waals surface area contributed by atoms with E-state index in [9.17, 15) is 8.42 Å². The maximum absolute atomic E-state index is 12.3. The highest BCUT2D eigenvalue weighted by Gasteiger charge is 2.21. The zero-order valence-corrected chi connectivity index (χ0v) is 12.1. The molecule has 0 saturated carbocycles.